The van der Waals surface area contributed by atoms with E-state index < -0.39 is 10.0 Å². The second-order valence-electron chi connectivity index (χ2n) is 5.72. The maximum atomic E-state index is 12.7. The van der Waals surface area contributed by atoms with Gasteiger partial charge >= 0.3 is 0 Å². The number of hydrogen-bond acceptors (Lipinski definition) is 4. The number of ether oxygens (including phenoxy) is 1. The van der Waals surface area contributed by atoms with Crippen LogP contribution < -0.4 is 10.5 Å². The van der Waals surface area contributed by atoms with Gasteiger partial charge in [0.15, 0.2) is 0 Å². The minimum atomic E-state index is -3.37. The van der Waals surface area contributed by atoms with Crippen molar-refractivity contribution in [1.82, 2.24) is 4.31 Å². The molecule has 2 aliphatic heterocycles. The third-order valence-electron chi connectivity index (χ3n) is 4.29. The van der Waals surface area contributed by atoms with Crippen LogP contribution in [0.2, 0.25) is 0 Å². The molecule has 1 atom stereocenters. The Morgan fingerprint density at radius 1 is 1.33 bits per heavy atom. The molecule has 6 heteroatoms. The van der Waals surface area contributed by atoms with E-state index in [-0.39, 0.29) is 6.10 Å². The third kappa shape index (κ3) is 2.56. The van der Waals surface area contributed by atoms with Gasteiger partial charge in [0.25, 0.3) is 0 Å². The first-order valence-electron chi connectivity index (χ1n) is 7.59. The van der Waals surface area contributed by atoms with Crippen molar-refractivity contribution >= 4 is 10.0 Å². The number of benzene rings is 1. The molecule has 3 rings (SSSR count). The Morgan fingerprint density at radius 3 is 2.67 bits per heavy atom. The molecule has 1 saturated heterocycles. The van der Waals surface area contributed by atoms with E-state index in [2.05, 4.69) is 0 Å². The van der Waals surface area contributed by atoms with Crippen LogP contribution in [0.3, 0.4) is 0 Å². The van der Waals surface area contributed by atoms with Crippen LogP contribution in [0.5, 0.6) is 5.75 Å². The molecule has 0 amide bonds. The molecule has 0 spiro atoms. The quantitative estimate of drug-likeness (QED) is 0.909. The largest absolute Gasteiger partial charge is 0.488 e. The Bertz CT molecular complexity index is 637. The lowest BCUT2D eigenvalue weighted by Crippen LogP contribution is -2.28. The van der Waals surface area contributed by atoms with Crippen molar-refractivity contribution in [1.29, 1.82) is 0 Å². The van der Waals surface area contributed by atoms with Gasteiger partial charge in [0.2, 0.25) is 10.0 Å². The predicted octanol–water partition coefficient (Wildman–Crippen LogP) is 1.30. The summed E-state index contributed by atoms with van der Waals surface area (Å²) < 4.78 is 32.9. The molecule has 0 bridgehead atoms. The van der Waals surface area contributed by atoms with Gasteiger partial charge in [-0.25, -0.2) is 8.42 Å². The van der Waals surface area contributed by atoms with Crippen molar-refractivity contribution < 1.29 is 13.2 Å². The molecule has 1 unspecified atom stereocenters. The number of nitrogens with zero attached hydrogens (tertiary/aromatic N) is 1. The normalized spacial score (nSPS) is 22.3. The van der Waals surface area contributed by atoms with Gasteiger partial charge in [0.05, 0.1) is 4.90 Å². The van der Waals surface area contributed by atoms with Gasteiger partial charge < -0.3 is 10.5 Å². The summed E-state index contributed by atoms with van der Waals surface area (Å²) in [7, 11) is -3.37. The summed E-state index contributed by atoms with van der Waals surface area (Å²) in [5, 5.41) is 0. The first-order chi connectivity index (χ1) is 10.1. The van der Waals surface area contributed by atoms with Crippen LogP contribution in [0.25, 0.3) is 0 Å². The van der Waals surface area contributed by atoms with Gasteiger partial charge in [-0.2, -0.15) is 4.31 Å². The Morgan fingerprint density at radius 2 is 2.05 bits per heavy atom. The molecule has 5 nitrogen and oxygen atoms in total. The topological polar surface area (TPSA) is 72.6 Å². The molecule has 116 valence electrons. The summed E-state index contributed by atoms with van der Waals surface area (Å²) in [5.41, 5.74) is 7.61. The van der Waals surface area contributed by atoms with Gasteiger partial charge in [0.1, 0.15) is 11.9 Å². The molecule has 1 aromatic rings. The van der Waals surface area contributed by atoms with Crippen LogP contribution in [0.15, 0.2) is 17.0 Å². The summed E-state index contributed by atoms with van der Waals surface area (Å²) in [6.07, 6.45) is 3.31. The summed E-state index contributed by atoms with van der Waals surface area (Å²) >= 11 is 0. The Hall–Kier alpha value is -1.11. The molecule has 2 aliphatic rings. The highest BCUT2D eigenvalue weighted by atomic mass is 32.2. The van der Waals surface area contributed by atoms with E-state index in [1.807, 2.05) is 6.92 Å². The first kappa shape index (κ1) is 14.8. The maximum Gasteiger partial charge on any atom is 0.243 e. The monoisotopic (exact) mass is 310 g/mol. The Balaban J connectivity index is 2.01. The number of nitrogens with two attached hydrogens (primary N) is 1. The van der Waals surface area contributed by atoms with Crippen LogP contribution in [-0.4, -0.2) is 38.5 Å². The number of rotatable bonds is 4. The Kier molecular flexibility index (Phi) is 3.94. The van der Waals surface area contributed by atoms with Crippen LogP contribution in [0.1, 0.15) is 30.9 Å². The van der Waals surface area contributed by atoms with Crippen LogP contribution in [0, 0.1) is 0 Å². The third-order valence-corrected chi connectivity index (χ3v) is 6.17. The van der Waals surface area contributed by atoms with Crippen molar-refractivity contribution in [3.8, 4) is 5.75 Å². The molecule has 2 N–H and O–H groups in total. The fourth-order valence-corrected chi connectivity index (χ4v) is 4.72. The standard InChI is InChI=1S/C15H22N2O3S/c1-2-11-8-14(21(18,19)17-5-3-4-6-17)9-12-7-13(10-16)20-15(11)12/h8-9,13H,2-7,10,16H2,1H3. The Labute approximate surface area is 126 Å². The SMILES string of the molecule is CCc1cc(S(=O)(=O)N2CCCC2)cc2c1OC(CN)C2. The van der Waals surface area contributed by atoms with Gasteiger partial charge in [-0.15, -0.1) is 0 Å². The van der Waals surface area contributed by atoms with Crippen molar-refractivity contribution in [2.45, 2.75) is 43.6 Å². The molecule has 21 heavy (non-hydrogen) atoms. The lowest BCUT2D eigenvalue weighted by Gasteiger charge is -2.17. The maximum absolute atomic E-state index is 12.7. The number of aryl methyl sites for hydroxylation is 1. The van der Waals surface area contributed by atoms with E-state index in [4.69, 9.17) is 10.5 Å². The zero-order chi connectivity index (χ0) is 15.0. The van der Waals surface area contributed by atoms with Gasteiger partial charge in [-0.05, 0) is 42.5 Å². The molecular formula is C15H22N2O3S. The second-order valence-corrected chi connectivity index (χ2v) is 7.65. The summed E-state index contributed by atoms with van der Waals surface area (Å²) in [5.74, 6) is 0.841. The highest BCUT2D eigenvalue weighted by Gasteiger charge is 2.31. The molecular weight excluding hydrogens is 288 g/mol. The highest BCUT2D eigenvalue weighted by molar-refractivity contribution is 7.89. The summed E-state index contributed by atoms with van der Waals surface area (Å²) in [6.45, 7) is 3.72. The summed E-state index contributed by atoms with van der Waals surface area (Å²) in [6, 6.07) is 3.54. The molecule has 0 saturated carbocycles. The zero-order valence-electron chi connectivity index (χ0n) is 12.3. The van der Waals surface area contributed by atoms with Gasteiger partial charge in [0, 0.05) is 26.1 Å². The highest BCUT2D eigenvalue weighted by Crippen LogP contribution is 2.36. The average molecular weight is 310 g/mol. The molecule has 1 aromatic carbocycles. The van der Waals surface area contributed by atoms with E-state index in [1.165, 1.54) is 0 Å². The predicted molar refractivity (Wildman–Crippen MR) is 81.0 cm³/mol. The first-order valence-corrected chi connectivity index (χ1v) is 9.03. The molecule has 2 heterocycles. The van der Waals surface area contributed by atoms with Crippen molar-refractivity contribution in [2.75, 3.05) is 19.6 Å². The van der Waals surface area contributed by atoms with Gasteiger partial charge in [-0.1, -0.05) is 6.92 Å². The van der Waals surface area contributed by atoms with E-state index >= 15 is 0 Å². The fraction of sp³-hybridized carbons (Fsp3) is 0.600. The van der Waals surface area contributed by atoms with Gasteiger partial charge in [-0.3, -0.25) is 0 Å². The minimum absolute atomic E-state index is 0.0324. The number of sulfonamides is 1. The summed E-state index contributed by atoms with van der Waals surface area (Å²) in [4.78, 5) is 0.404. The minimum Gasteiger partial charge on any atom is -0.488 e. The smallest absolute Gasteiger partial charge is 0.243 e. The lowest BCUT2D eigenvalue weighted by atomic mass is 10.0. The van der Waals surface area contributed by atoms with E-state index in [9.17, 15) is 8.42 Å². The second kappa shape index (κ2) is 5.59. The zero-order valence-corrected chi connectivity index (χ0v) is 13.2. The number of hydrogen-bond donors (Lipinski definition) is 1. The molecule has 0 aliphatic carbocycles. The average Bonchev–Trinajstić information content (AvgIpc) is 3.14. The van der Waals surface area contributed by atoms with Crippen LogP contribution in [-0.2, 0) is 22.9 Å². The molecule has 0 aromatic heterocycles. The van der Waals surface area contributed by atoms with Crippen LogP contribution in [0.4, 0.5) is 0 Å². The fourth-order valence-electron chi connectivity index (χ4n) is 3.10. The molecule has 0 radical (unpaired) electrons. The van der Waals surface area contributed by atoms with Crippen molar-refractivity contribution in [3.05, 3.63) is 23.3 Å². The van der Waals surface area contributed by atoms with Crippen LogP contribution >= 0.6 is 0 Å². The lowest BCUT2D eigenvalue weighted by molar-refractivity contribution is 0.239. The number of fused-ring (bicyclic) bond motifs is 1. The molecule has 1 fully saturated rings. The van der Waals surface area contributed by atoms with Crippen molar-refractivity contribution in [3.63, 3.8) is 0 Å². The van der Waals surface area contributed by atoms with Crippen molar-refractivity contribution in [2.24, 2.45) is 5.73 Å². The van der Waals surface area contributed by atoms with E-state index in [0.717, 1.165) is 36.1 Å². The van der Waals surface area contributed by atoms with E-state index in [0.29, 0.717) is 31.0 Å². The van der Waals surface area contributed by atoms with E-state index in [1.54, 1.807) is 16.4 Å².